The van der Waals surface area contributed by atoms with Crippen LogP contribution in [0.1, 0.15) is 52.4 Å². The average molecular weight is 229 g/mol. The second kappa shape index (κ2) is 9.19. The van der Waals surface area contributed by atoms with Crippen molar-refractivity contribution >= 4 is 11.9 Å². The maximum absolute atomic E-state index is 11.3. The standard InChI is InChI=1S/C12H23NO3/c1-4-6-7-8-10(9-11(14)5-2)13-12(15)16-3/h10H,4-9H2,1-3H3,(H,13,15). The van der Waals surface area contributed by atoms with Gasteiger partial charge in [0, 0.05) is 18.9 Å². The van der Waals surface area contributed by atoms with E-state index in [0.29, 0.717) is 12.8 Å². The van der Waals surface area contributed by atoms with Crippen LogP contribution in [0.5, 0.6) is 0 Å². The monoisotopic (exact) mass is 229 g/mol. The summed E-state index contributed by atoms with van der Waals surface area (Å²) in [5.74, 6) is 0.179. The zero-order chi connectivity index (χ0) is 12.4. The third kappa shape index (κ3) is 7.26. The first kappa shape index (κ1) is 14.9. The summed E-state index contributed by atoms with van der Waals surface area (Å²) in [7, 11) is 1.33. The molecular weight excluding hydrogens is 206 g/mol. The van der Waals surface area contributed by atoms with E-state index in [9.17, 15) is 9.59 Å². The van der Waals surface area contributed by atoms with Crippen LogP contribution in [0.4, 0.5) is 4.79 Å². The number of rotatable bonds is 8. The molecule has 0 rings (SSSR count). The van der Waals surface area contributed by atoms with Gasteiger partial charge in [-0.15, -0.1) is 0 Å². The van der Waals surface area contributed by atoms with Crippen LogP contribution in [0.2, 0.25) is 0 Å². The van der Waals surface area contributed by atoms with Crippen molar-refractivity contribution in [1.82, 2.24) is 5.32 Å². The van der Waals surface area contributed by atoms with Gasteiger partial charge >= 0.3 is 6.09 Å². The molecule has 1 N–H and O–H groups in total. The molecule has 94 valence electrons. The summed E-state index contributed by atoms with van der Waals surface area (Å²) in [6.45, 7) is 3.96. The van der Waals surface area contributed by atoms with E-state index in [-0.39, 0.29) is 11.8 Å². The molecule has 1 amide bonds. The average Bonchev–Trinajstić information content (AvgIpc) is 2.28. The van der Waals surface area contributed by atoms with E-state index in [2.05, 4.69) is 17.0 Å². The largest absolute Gasteiger partial charge is 0.453 e. The summed E-state index contributed by atoms with van der Waals surface area (Å²) in [6, 6.07) is -0.0774. The van der Waals surface area contributed by atoms with Crippen molar-refractivity contribution < 1.29 is 14.3 Å². The predicted octanol–water partition coefficient (Wildman–Crippen LogP) is 2.66. The van der Waals surface area contributed by atoms with Crippen molar-refractivity contribution in [2.24, 2.45) is 0 Å². The van der Waals surface area contributed by atoms with E-state index in [1.54, 1.807) is 0 Å². The van der Waals surface area contributed by atoms with Crippen LogP contribution in [-0.4, -0.2) is 25.0 Å². The molecule has 0 saturated heterocycles. The quantitative estimate of drug-likeness (QED) is 0.651. The first-order valence-corrected chi connectivity index (χ1v) is 6.00. The van der Waals surface area contributed by atoms with E-state index in [1.807, 2.05) is 6.92 Å². The minimum atomic E-state index is -0.453. The molecule has 0 saturated carbocycles. The summed E-state index contributed by atoms with van der Waals surface area (Å²) < 4.78 is 4.54. The number of ether oxygens (including phenoxy) is 1. The fraction of sp³-hybridized carbons (Fsp3) is 0.833. The number of amides is 1. The lowest BCUT2D eigenvalue weighted by molar-refractivity contribution is -0.119. The summed E-state index contributed by atoms with van der Waals surface area (Å²) >= 11 is 0. The van der Waals surface area contributed by atoms with Crippen molar-refractivity contribution in [2.45, 2.75) is 58.4 Å². The normalized spacial score (nSPS) is 11.9. The van der Waals surface area contributed by atoms with Crippen LogP contribution in [0, 0.1) is 0 Å². The number of hydrogen-bond donors (Lipinski definition) is 1. The zero-order valence-corrected chi connectivity index (χ0v) is 10.5. The fourth-order valence-electron chi connectivity index (χ4n) is 1.51. The van der Waals surface area contributed by atoms with Gasteiger partial charge < -0.3 is 10.1 Å². The Morgan fingerprint density at radius 2 is 1.94 bits per heavy atom. The summed E-state index contributed by atoms with van der Waals surface area (Å²) in [5, 5.41) is 2.71. The SMILES string of the molecule is CCCCCC(CC(=O)CC)NC(=O)OC. The van der Waals surface area contributed by atoms with Gasteiger partial charge in [0.2, 0.25) is 0 Å². The molecule has 0 fully saturated rings. The minimum absolute atomic E-state index is 0.0774. The topological polar surface area (TPSA) is 55.4 Å². The summed E-state index contributed by atoms with van der Waals surface area (Å²) in [4.78, 5) is 22.4. The first-order chi connectivity index (χ1) is 7.63. The molecule has 0 aliphatic heterocycles. The summed E-state index contributed by atoms with van der Waals surface area (Å²) in [5.41, 5.74) is 0. The van der Waals surface area contributed by atoms with Gasteiger partial charge in [0.15, 0.2) is 0 Å². The van der Waals surface area contributed by atoms with Crippen molar-refractivity contribution in [3.63, 3.8) is 0 Å². The van der Waals surface area contributed by atoms with Gasteiger partial charge in [-0.2, -0.15) is 0 Å². The smallest absolute Gasteiger partial charge is 0.407 e. The van der Waals surface area contributed by atoms with Crippen LogP contribution in [0.25, 0.3) is 0 Å². The van der Waals surface area contributed by atoms with Crippen LogP contribution >= 0.6 is 0 Å². The van der Waals surface area contributed by atoms with Gasteiger partial charge in [0.1, 0.15) is 5.78 Å². The molecule has 4 heteroatoms. The van der Waals surface area contributed by atoms with Gasteiger partial charge in [-0.1, -0.05) is 33.1 Å². The number of methoxy groups -OCH3 is 1. The Bertz CT molecular complexity index is 198. The number of Topliss-reactive ketones (excluding diaryl/α,β-unsaturated/α-hetero) is 1. The van der Waals surface area contributed by atoms with Gasteiger partial charge in [-0.3, -0.25) is 4.79 Å². The van der Waals surface area contributed by atoms with Crippen LogP contribution in [-0.2, 0) is 9.53 Å². The number of hydrogen-bond acceptors (Lipinski definition) is 3. The number of carbonyl (C=O) groups is 2. The predicted molar refractivity (Wildman–Crippen MR) is 63.4 cm³/mol. The third-order valence-electron chi connectivity index (χ3n) is 2.53. The number of ketones is 1. The minimum Gasteiger partial charge on any atom is -0.453 e. The Morgan fingerprint density at radius 3 is 2.44 bits per heavy atom. The molecule has 0 bridgehead atoms. The van der Waals surface area contributed by atoms with E-state index in [1.165, 1.54) is 7.11 Å². The Balaban J connectivity index is 4.04. The highest BCUT2D eigenvalue weighted by Crippen LogP contribution is 2.08. The molecule has 0 aromatic carbocycles. The van der Waals surface area contributed by atoms with Gasteiger partial charge in [0.05, 0.1) is 7.11 Å². The lowest BCUT2D eigenvalue weighted by atomic mass is 10.0. The van der Waals surface area contributed by atoms with E-state index in [4.69, 9.17) is 0 Å². The van der Waals surface area contributed by atoms with Crippen LogP contribution in [0.3, 0.4) is 0 Å². The molecule has 0 aromatic rings. The van der Waals surface area contributed by atoms with Crippen molar-refractivity contribution in [2.75, 3.05) is 7.11 Å². The van der Waals surface area contributed by atoms with Gasteiger partial charge in [-0.25, -0.2) is 4.79 Å². The van der Waals surface area contributed by atoms with Crippen LogP contribution < -0.4 is 5.32 Å². The van der Waals surface area contributed by atoms with Crippen molar-refractivity contribution in [3.05, 3.63) is 0 Å². The Labute approximate surface area is 97.7 Å². The third-order valence-corrected chi connectivity index (χ3v) is 2.53. The molecule has 0 aliphatic rings. The van der Waals surface area contributed by atoms with E-state index >= 15 is 0 Å². The first-order valence-electron chi connectivity index (χ1n) is 6.00. The second-order valence-corrected chi connectivity index (χ2v) is 3.92. The fourth-order valence-corrected chi connectivity index (χ4v) is 1.51. The number of unbranched alkanes of at least 4 members (excludes halogenated alkanes) is 2. The molecule has 1 unspecified atom stereocenters. The van der Waals surface area contributed by atoms with Gasteiger partial charge in [-0.05, 0) is 6.42 Å². The summed E-state index contributed by atoms with van der Waals surface area (Å²) in [6.07, 6.45) is 4.61. The molecule has 16 heavy (non-hydrogen) atoms. The Kier molecular flexibility index (Phi) is 8.58. The second-order valence-electron chi connectivity index (χ2n) is 3.92. The molecule has 0 spiro atoms. The molecule has 0 heterocycles. The number of nitrogens with one attached hydrogen (secondary N) is 1. The van der Waals surface area contributed by atoms with Crippen molar-refractivity contribution in [1.29, 1.82) is 0 Å². The molecule has 0 aromatic heterocycles. The lowest BCUT2D eigenvalue weighted by Crippen LogP contribution is -2.36. The highest BCUT2D eigenvalue weighted by Gasteiger charge is 2.15. The zero-order valence-electron chi connectivity index (χ0n) is 10.5. The highest BCUT2D eigenvalue weighted by molar-refractivity contribution is 5.79. The Morgan fingerprint density at radius 1 is 1.25 bits per heavy atom. The van der Waals surface area contributed by atoms with Crippen molar-refractivity contribution in [3.8, 4) is 0 Å². The maximum atomic E-state index is 11.3. The van der Waals surface area contributed by atoms with Gasteiger partial charge in [0.25, 0.3) is 0 Å². The maximum Gasteiger partial charge on any atom is 0.407 e. The lowest BCUT2D eigenvalue weighted by Gasteiger charge is -2.16. The molecule has 0 aliphatic carbocycles. The number of carbonyl (C=O) groups excluding carboxylic acids is 2. The molecule has 4 nitrogen and oxygen atoms in total. The number of alkyl carbamates (subject to hydrolysis) is 1. The highest BCUT2D eigenvalue weighted by atomic mass is 16.5. The van der Waals surface area contributed by atoms with E-state index < -0.39 is 6.09 Å². The van der Waals surface area contributed by atoms with Crippen LogP contribution in [0.15, 0.2) is 0 Å². The van der Waals surface area contributed by atoms with E-state index in [0.717, 1.165) is 25.7 Å². The Hall–Kier alpha value is -1.06. The molecule has 1 atom stereocenters. The molecular formula is C12H23NO3. The molecule has 0 radical (unpaired) electrons.